The van der Waals surface area contributed by atoms with Crippen LogP contribution in [0.2, 0.25) is 0 Å². The van der Waals surface area contributed by atoms with Gasteiger partial charge in [-0.05, 0) is 26.8 Å². The van der Waals surface area contributed by atoms with Gasteiger partial charge in [-0.3, -0.25) is 9.89 Å². The van der Waals surface area contributed by atoms with E-state index >= 15 is 0 Å². The number of ketones is 1. The van der Waals surface area contributed by atoms with Crippen molar-refractivity contribution in [3.05, 3.63) is 65.4 Å². The Morgan fingerprint density at radius 1 is 1.00 bits per heavy atom. The molecule has 3 aromatic rings. The predicted molar refractivity (Wildman–Crippen MR) is 91.1 cm³/mol. The van der Waals surface area contributed by atoms with Crippen molar-refractivity contribution in [2.75, 3.05) is 0 Å². The minimum absolute atomic E-state index is 0.167. The Balaban J connectivity index is 2.04. The lowest BCUT2D eigenvalue weighted by Crippen LogP contribution is -2.24. The highest BCUT2D eigenvalue weighted by molar-refractivity contribution is 6.16. The van der Waals surface area contributed by atoms with Crippen molar-refractivity contribution in [3.8, 4) is 0 Å². The number of carbonyl (C=O) groups is 2. The summed E-state index contributed by atoms with van der Waals surface area (Å²) < 4.78 is 5.41. The molecular formula is C19H18N2O3. The Bertz CT molecular complexity index is 905. The largest absolute Gasteiger partial charge is 0.456 e. The molecule has 0 aliphatic carbocycles. The van der Waals surface area contributed by atoms with Crippen molar-refractivity contribution in [3.63, 3.8) is 0 Å². The van der Waals surface area contributed by atoms with E-state index in [4.69, 9.17) is 4.74 Å². The number of rotatable bonds is 3. The van der Waals surface area contributed by atoms with Crippen LogP contribution in [0.1, 0.15) is 47.2 Å². The molecule has 0 unspecified atom stereocenters. The second kappa shape index (κ2) is 5.92. The molecule has 24 heavy (non-hydrogen) atoms. The van der Waals surface area contributed by atoms with Gasteiger partial charge in [0, 0.05) is 10.9 Å². The number of carbonyl (C=O) groups excluding carboxylic acids is 2. The molecule has 0 spiro atoms. The van der Waals surface area contributed by atoms with Crippen LogP contribution < -0.4 is 0 Å². The van der Waals surface area contributed by atoms with Crippen LogP contribution in [0.25, 0.3) is 10.9 Å². The van der Waals surface area contributed by atoms with Crippen molar-refractivity contribution in [2.24, 2.45) is 0 Å². The molecule has 0 saturated carbocycles. The zero-order valence-electron chi connectivity index (χ0n) is 13.8. The number of benzene rings is 2. The average Bonchev–Trinajstić information content (AvgIpc) is 2.97. The maximum atomic E-state index is 12.6. The van der Waals surface area contributed by atoms with Gasteiger partial charge in [0.05, 0.1) is 5.56 Å². The van der Waals surface area contributed by atoms with Crippen molar-refractivity contribution in [2.45, 2.75) is 26.4 Å². The maximum Gasteiger partial charge on any atom is 0.340 e. The number of aromatic nitrogens is 2. The van der Waals surface area contributed by atoms with Crippen molar-refractivity contribution < 1.29 is 14.3 Å². The molecule has 0 saturated heterocycles. The number of fused-ring (bicyclic) bond motifs is 1. The summed E-state index contributed by atoms with van der Waals surface area (Å²) in [7, 11) is 0. The maximum absolute atomic E-state index is 12.6. The van der Waals surface area contributed by atoms with Crippen molar-refractivity contribution >= 4 is 22.7 Å². The molecule has 3 rings (SSSR count). The number of hydrogen-bond donors (Lipinski definition) is 1. The Labute approximate surface area is 139 Å². The van der Waals surface area contributed by atoms with Gasteiger partial charge in [0.15, 0.2) is 0 Å². The van der Waals surface area contributed by atoms with Gasteiger partial charge in [0.25, 0.3) is 0 Å². The lowest BCUT2D eigenvalue weighted by molar-refractivity contribution is 0.00715. The normalized spacial score (nSPS) is 11.5. The molecule has 0 aliphatic rings. The number of esters is 1. The molecule has 0 amide bonds. The van der Waals surface area contributed by atoms with Crippen molar-refractivity contribution in [1.29, 1.82) is 0 Å². The first-order valence-corrected chi connectivity index (χ1v) is 7.67. The molecule has 0 radical (unpaired) electrons. The van der Waals surface area contributed by atoms with Crippen LogP contribution >= 0.6 is 0 Å². The number of H-pyrrole nitrogens is 1. The van der Waals surface area contributed by atoms with Crippen LogP contribution in [0.15, 0.2) is 48.5 Å². The highest BCUT2D eigenvalue weighted by Crippen LogP contribution is 2.24. The smallest absolute Gasteiger partial charge is 0.340 e. The van der Waals surface area contributed by atoms with Crippen LogP contribution in [0.5, 0.6) is 0 Å². The molecule has 1 N–H and O–H groups in total. The van der Waals surface area contributed by atoms with Gasteiger partial charge >= 0.3 is 5.97 Å². The summed E-state index contributed by atoms with van der Waals surface area (Å²) >= 11 is 0. The van der Waals surface area contributed by atoms with E-state index in [1.54, 1.807) is 63.2 Å². The van der Waals surface area contributed by atoms with E-state index in [1.165, 1.54) is 0 Å². The zero-order valence-corrected chi connectivity index (χ0v) is 13.8. The predicted octanol–water partition coefficient (Wildman–Crippen LogP) is 3.75. The lowest BCUT2D eigenvalue weighted by Gasteiger charge is -2.19. The minimum atomic E-state index is -0.599. The third-order valence-electron chi connectivity index (χ3n) is 3.47. The lowest BCUT2D eigenvalue weighted by atomic mass is 10.0. The Morgan fingerprint density at radius 3 is 2.38 bits per heavy atom. The fourth-order valence-corrected chi connectivity index (χ4v) is 2.44. The number of aromatic amines is 1. The fourth-order valence-electron chi connectivity index (χ4n) is 2.44. The van der Waals surface area contributed by atoms with Crippen LogP contribution in [0.4, 0.5) is 0 Å². The molecule has 0 bridgehead atoms. The SMILES string of the molecule is CC(C)(C)OC(=O)c1cccc2c(C(=O)c3ccccc3)[nH]nc12. The average molecular weight is 322 g/mol. The first-order chi connectivity index (χ1) is 11.4. The fraction of sp³-hybridized carbons (Fsp3) is 0.211. The van der Waals surface area contributed by atoms with Crippen LogP contribution in [0, 0.1) is 0 Å². The molecular weight excluding hydrogens is 304 g/mol. The topological polar surface area (TPSA) is 72.1 Å². The van der Waals surface area contributed by atoms with E-state index in [2.05, 4.69) is 10.2 Å². The van der Waals surface area contributed by atoms with Crippen LogP contribution in [-0.4, -0.2) is 27.6 Å². The summed E-state index contributed by atoms with van der Waals surface area (Å²) in [5.41, 5.74) is 1.10. The molecule has 5 heteroatoms. The Kier molecular flexibility index (Phi) is 3.93. The summed E-state index contributed by atoms with van der Waals surface area (Å²) in [6.45, 7) is 5.42. The number of para-hydroxylation sites is 1. The van der Waals surface area contributed by atoms with E-state index in [9.17, 15) is 9.59 Å². The molecule has 0 fully saturated rings. The van der Waals surface area contributed by atoms with Gasteiger partial charge in [-0.25, -0.2) is 4.79 Å². The number of nitrogens with zero attached hydrogens (tertiary/aromatic N) is 1. The van der Waals surface area contributed by atoms with Gasteiger partial charge in [-0.1, -0.05) is 42.5 Å². The summed E-state index contributed by atoms with van der Waals surface area (Å²) in [6.07, 6.45) is 0. The first kappa shape index (κ1) is 15.9. The van der Waals surface area contributed by atoms with Gasteiger partial charge in [-0.2, -0.15) is 5.10 Å². The first-order valence-electron chi connectivity index (χ1n) is 7.67. The Hall–Kier alpha value is -2.95. The van der Waals surface area contributed by atoms with E-state index in [0.29, 0.717) is 27.7 Å². The number of nitrogens with one attached hydrogen (secondary N) is 1. The highest BCUT2D eigenvalue weighted by atomic mass is 16.6. The molecule has 0 atom stereocenters. The second-order valence-corrected chi connectivity index (χ2v) is 6.50. The van der Waals surface area contributed by atoms with E-state index in [1.807, 2.05) is 6.07 Å². The molecule has 122 valence electrons. The monoisotopic (exact) mass is 322 g/mol. The minimum Gasteiger partial charge on any atom is -0.456 e. The molecule has 2 aromatic carbocycles. The van der Waals surface area contributed by atoms with Gasteiger partial charge in [-0.15, -0.1) is 0 Å². The third-order valence-corrected chi connectivity index (χ3v) is 3.47. The van der Waals surface area contributed by atoms with E-state index in [-0.39, 0.29) is 5.78 Å². The van der Waals surface area contributed by atoms with E-state index < -0.39 is 11.6 Å². The van der Waals surface area contributed by atoms with Gasteiger partial charge in [0.1, 0.15) is 16.8 Å². The molecule has 5 nitrogen and oxygen atoms in total. The quantitative estimate of drug-likeness (QED) is 0.589. The number of ether oxygens (including phenoxy) is 1. The standard InChI is InChI=1S/C19H18N2O3/c1-19(2,3)24-18(23)14-11-7-10-13-15(14)20-21-16(13)17(22)12-8-5-4-6-9-12/h4-11H,1-3H3,(H,20,21). The molecule has 0 aliphatic heterocycles. The Morgan fingerprint density at radius 2 is 1.71 bits per heavy atom. The van der Waals surface area contributed by atoms with Crippen LogP contribution in [0.3, 0.4) is 0 Å². The van der Waals surface area contributed by atoms with E-state index in [0.717, 1.165) is 0 Å². The summed E-state index contributed by atoms with van der Waals surface area (Å²) in [5.74, 6) is -0.627. The molecule has 1 aromatic heterocycles. The third kappa shape index (κ3) is 3.06. The highest BCUT2D eigenvalue weighted by Gasteiger charge is 2.23. The zero-order chi connectivity index (χ0) is 17.3. The second-order valence-electron chi connectivity index (χ2n) is 6.50. The van der Waals surface area contributed by atoms with Gasteiger partial charge in [0.2, 0.25) is 5.78 Å². The van der Waals surface area contributed by atoms with Crippen LogP contribution in [-0.2, 0) is 4.74 Å². The van der Waals surface area contributed by atoms with Gasteiger partial charge < -0.3 is 4.74 Å². The summed E-state index contributed by atoms with van der Waals surface area (Å²) in [5, 5.41) is 7.54. The summed E-state index contributed by atoms with van der Waals surface area (Å²) in [6, 6.07) is 14.1. The number of hydrogen-bond acceptors (Lipinski definition) is 4. The van der Waals surface area contributed by atoms with Crippen molar-refractivity contribution in [1.82, 2.24) is 10.2 Å². The summed E-state index contributed by atoms with van der Waals surface area (Å²) in [4.78, 5) is 25.0. The molecule has 1 heterocycles.